The quantitative estimate of drug-likeness (QED) is 0.738. The van der Waals surface area contributed by atoms with Gasteiger partial charge < -0.3 is 20.1 Å². The number of phenols is 1. The predicted molar refractivity (Wildman–Crippen MR) is 95.7 cm³/mol. The van der Waals surface area contributed by atoms with Crippen LogP contribution < -0.4 is 15.0 Å². The second-order valence-corrected chi connectivity index (χ2v) is 6.18. The number of fused-ring (bicyclic) bond motifs is 1. The van der Waals surface area contributed by atoms with Crippen molar-refractivity contribution in [2.75, 3.05) is 25.1 Å². The van der Waals surface area contributed by atoms with Crippen LogP contribution in [0, 0.1) is 0 Å². The molecule has 4 rings (SSSR count). The molecule has 1 saturated heterocycles. The zero-order chi connectivity index (χ0) is 18.1. The summed E-state index contributed by atoms with van der Waals surface area (Å²) in [5.74, 6) is 0.667. The number of methoxy groups -OCH3 is 1. The van der Waals surface area contributed by atoms with E-state index in [0.717, 1.165) is 24.4 Å². The van der Waals surface area contributed by atoms with E-state index in [-0.39, 0.29) is 29.0 Å². The predicted octanol–water partition coefficient (Wildman–Crippen LogP) is 1.45. The largest absolute Gasteiger partial charge is 0.504 e. The highest BCUT2D eigenvalue weighted by molar-refractivity contribution is 5.97. The van der Waals surface area contributed by atoms with Crippen LogP contribution in [0.3, 0.4) is 0 Å². The zero-order valence-corrected chi connectivity index (χ0v) is 14.3. The van der Waals surface area contributed by atoms with Crippen LogP contribution in [0.25, 0.3) is 5.65 Å². The number of para-hydroxylation sites is 1. The Labute approximate surface area is 150 Å². The molecule has 0 bridgehead atoms. The van der Waals surface area contributed by atoms with Crippen LogP contribution in [-0.4, -0.2) is 51.9 Å². The van der Waals surface area contributed by atoms with Gasteiger partial charge in [0, 0.05) is 31.5 Å². The number of benzene rings is 1. The molecule has 1 aliphatic heterocycles. The van der Waals surface area contributed by atoms with Crippen molar-refractivity contribution in [3.63, 3.8) is 0 Å². The first-order valence-electron chi connectivity index (χ1n) is 8.38. The lowest BCUT2D eigenvalue weighted by Crippen LogP contribution is -2.37. The van der Waals surface area contributed by atoms with Crippen molar-refractivity contribution in [3.05, 3.63) is 48.3 Å². The number of hydrogen-bond donors (Lipinski definition) is 2. The van der Waals surface area contributed by atoms with Crippen molar-refractivity contribution < 1.29 is 14.6 Å². The van der Waals surface area contributed by atoms with Crippen molar-refractivity contribution in [3.8, 4) is 11.5 Å². The maximum Gasteiger partial charge on any atom is 0.255 e. The Morgan fingerprint density at radius 3 is 3.08 bits per heavy atom. The highest BCUT2D eigenvalue weighted by Crippen LogP contribution is 2.29. The summed E-state index contributed by atoms with van der Waals surface area (Å²) in [5, 5.41) is 17.6. The van der Waals surface area contributed by atoms with Gasteiger partial charge in [0.25, 0.3) is 5.91 Å². The second kappa shape index (κ2) is 6.55. The standard InChI is InChI=1S/C18H19N5O3/c1-26-14-4-2-3-13(17(14)24)18(25)20-12-7-9-22(11-12)16-6-5-15-19-8-10-23(15)21-16/h2-6,8,10,12,24H,7,9,11H2,1H3,(H,20,25)/t12-/m0/s1. The fourth-order valence-electron chi connectivity index (χ4n) is 3.19. The van der Waals surface area contributed by atoms with Crippen LogP contribution in [0.15, 0.2) is 42.7 Å². The van der Waals surface area contributed by atoms with E-state index in [4.69, 9.17) is 4.74 Å². The molecule has 1 amide bonds. The minimum absolute atomic E-state index is 0.0200. The highest BCUT2D eigenvalue weighted by Gasteiger charge is 2.26. The summed E-state index contributed by atoms with van der Waals surface area (Å²) < 4.78 is 6.79. The third-order valence-electron chi connectivity index (χ3n) is 4.55. The smallest absolute Gasteiger partial charge is 0.255 e. The number of imidazole rings is 1. The molecule has 134 valence electrons. The molecule has 8 nitrogen and oxygen atoms in total. The molecular formula is C18H19N5O3. The monoisotopic (exact) mass is 353 g/mol. The SMILES string of the molecule is COc1cccc(C(=O)N[C@H]2CCN(c3ccc4nccn4n3)C2)c1O. The van der Waals surface area contributed by atoms with Gasteiger partial charge in [0.15, 0.2) is 17.1 Å². The molecule has 0 aliphatic carbocycles. The summed E-state index contributed by atoms with van der Waals surface area (Å²) in [6.45, 7) is 1.45. The molecule has 3 aromatic rings. The number of phenolic OH excluding ortho intramolecular Hbond substituents is 1. The summed E-state index contributed by atoms with van der Waals surface area (Å²) in [5.41, 5.74) is 1.01. The molecule has 3 heterocycles. The van der Waals surface area contributed by atoms with Crippen LogP contribution in [0.2, 0.25) is 0 Å². The first-order chi connectivity index (χ1) is 12.7. The maximum atomic E-state index is 12.5. The Kier molecular flexibility index (Phi) is 4.08. The molecule has 1 aromatic carbocycles. The maximum absolute atomic E-state index is 12.5. The highest BCUT2D eigenvalue weighted by atomic mass is 16.5. The molecule has 0 unspecified atom stereocenters. The van der Waals surface area contributed by atoms with E-state index >= 15 is 0 Å². The minimum atomic E-state index is -0.314. The Balaban J connectivity index is 1.45. The van der Waals surface area contributed by atoms with Crippen LogP contribution in [0.4, 0.5) is 5.82 Å². The normalized spacial score (nSPS) is 16.8. The molecule has 0 saturated carbocycles. The van der Waals surface area contributed by atoms with Gasteiger partial charge in [-0.3, -0.25) is 4.79 Å². The molecule has 8 heteroatoms. The first-order valence-corrected chi connectivity index (χ1v) is 8.38. The van der Waals surface area contributed by atoms with Gasteiger partial charge in [-0.05, 0) is 30.7 Å². The number of hydrogen-bond acceptors (Lipinski definition) is 6. The number of nitrogens with zero attached hydrogens (tertiary/aromatic N) is 4. The van der Waals surface area contributed by atoms with Crippen LogP contribution >= 0.6 is 0 Å². The topological polar surface area (TPSA) is 92.0 Å². The number of carbonyl (C=O) groups is 1. The van der Waals surface area contributed by atoms with Crippen molar-refractivity contribution in [2.24, 2.45) is 0 Å². The van der Waals surface area contributed by atoms with Gasteiger partial charge in [0.2, 0.25) is 0 Å². The van der Waals surface area contributed by atoms with Gasteiger partial charge in [-0.1, -0.05) is 6.07 Å². The molecule has 26 heavy (non-hydrogen) atoms. The van der Waals surface area contributed by atoms with Crippen LogP contribution in [-0.2, 0) is 0 Å². The third kappa shape index (κ3) is 2.90. The first kappa shape index (κ1) is 16.2. The van der Waals surface area contributed by atoms with Crippen molar-refractivity contribution in [2.45, 2.75) is 12.5 Å². The van der Waals surface area contributed by atoms with Crippen LogP contribution in [0.5, 0.6) is 11.5 Å². The van der Waals surface area contributed by atoms with E-state index < -0.39 is 0 Å². The van der Waals surface area contributed by atoms with Gasteiger partial charge in [-0.2, -0.15) is 0 Å². The molecule has 2 aromatic heterocycles. The number of nitrogens with one attached hydrogen (secondary N) is 1. The van der Waals surface area contributed by atoms with Gasteiger partial charge in [-0.15, -0.1) is 5.10 Å². The lowest BCUT2D eigenvalue weighted by molar-refractivity contribution is 0.0937. The average molecular weight is 353 g/mol. The lowest BCUT2D eigenvalue weighted by atomic mass is 10.1. The average Bonchev–Trinajstić information content (AvgIpc) is 3.30. The van der Waals surface area contributed by atoms with E-state index in [9.17, 15) is 9.90 Å². The number of aromatic nitrogens is 3. The van der Waals surface area contributed by atoms with Gasteiger partial charge in [0.1, 0.15) is 5.82 Å². The molecule has 1 aliphatic rings. The van der Waals surface area contributed by atoms with Crippen molar-refractivity contribution in [1.82, 2.24) is 19.9 Å². The number of amides is 1. The number of carbonyl (C=O) groups excluding carboxylic acids is 1. The molecule has 1 atom stereocenters. The van der Waals surface area contributed by atoms with Crippen LogP contribution in [0.1, 0.15) is 16.8 Å². The van der Waals surface area contributed by atoms with Gasteiger partial charge >= 0.3 is 0 Å². The van der Waals surface area contributed by atoms with Crippen molar-refractivity contribution >= 4 is 17.4 Å². The Morgan fingerprint density at radius 1 is 1.35 bits per heavy atom. The fraction of sp³-hybridized carbons (Fsp3) is 0.278. The summed E-state index contributed by atoms with van der Waals surface area (Å²) in [6.07, 6.45) is 4.32. The Hall–Kier alpha value is -3.29. The van der Waals surface area contributed by atoms with Gasteiger partial charge in [0.05, 0.1) is 12.7 Å². The van der Waals surface area contributed by atoms with E-state index in [0.29, 0.717) is 6.54 Å². The Morgan fingerprint density at radius 2 is 2.23 bits per heavy atom. The summed E-state index contributed by atoms with van der Waals surface area (Å²) >= 11 is 0. The summed E-state index contributed by atoms with van der Waals surface area (Å²) in [6, 6.07) is 8.70. The zero-order valence-electron chi connectivity index (χ0n) is 14.3. The Bertz CT molecular complexity index is 955. The van der Waals surface area contributed by atoms with E-state index in [1.165, 1.54) is 7.11 Å². The second-order valence-electron chi connectivity index (χ2n) is 6.18. The number of ether oxygens (including phenoxy) is 1. The molecule has 0 radical (unpaired) electrons. The fourth-order valence-corrected chi connectivity index (χ4v) is 3.19. The van der Waals surface area contributed by atoms with E-state index in [1.807, 2.05) is 12.1 Å². The number of rotatable bonds is 4. The molecular weight excluding hydrogens is 334 g/mol. The van der Waals surface area contributed by atoms with Crippen molar-refractivity contribution in [1.29, 1.82) is 0 Å². The number of aromatic hydroxyl groups is 1. The van der Waals surface area contributed by atoms with E-state index in [2.05, 4.69) is 20.3 Å². The summed E-state index contributed by atoms with van der Waals surface area (Å²) in [4.78, 5) is 18.8. The van der Waals surface area contributed by atoms with Gasteiger partial charge in [-0.25, -0.2) is 9.50 Å². The molecule has 1 fully saturated rings. The minimum Gasteiger partial charge on any atom is -0.504 e. The number of anilines is 1. The molecule has 2 N–H and O–H groups in total. The lowest BCUT2D eigenvalue weighted by Gasteiger charge is -2.18. The molecule has 0 spiro atoms. The van der Waals surface area contributed by atoms with E-state index in [1.54, 1.807) is 35.1 Å². The summed E-state index contributed by atoms with van der Waals surface area (Å²) in [7, 11) is 1.45. The third-order valence-corrected chi connectivity index (χ3v) is 4.55.